The van der Waals surface area contributed by atoms with Gasteiger partial charge in [-0.1, -0.05) is 56.7 Å². The molecule has 4 aromatic carbocycles. The predicted octanol–water partition coefficient (Wildman–Crippen LogP) is 6.63. The lowest BCUT2D eigenvalue weighted by atomic mass is 9.81. The van der Waals surface area contributed by atoms with Crippen molar-refractivity contribution in [1.82, 2.24) is 29.8 Å². The number of benzene rings is 4. The number of anilines is 2. The number of allylic oxidation sites excluding steroid dienone is 6. The first-order valence-electron chi connectivity index (χ1n) is 27.3. The maximum atomic E-state index is 13.6. The largest absolute Gasteiger partial charge is 0.744 e. The van der Waals surface area contributed by atoms with Crippen LogP contribution in [-0.4, -0.2) is 133 Å². The summed E-state index contributed by atoms with van der Waals surface area (Å²) in [7, 11) is -7.57. The van der Waals surface area contributed by atoms with Crippen molar-refractivity contribution in [3.8, 4) is 11.4 Å². The normalized spacial score (nSPS) is 15.2. The van der Waals surface area contributed by atoms with Gasteiger partial charge in [0.15, 0.2) is 11.5 Å². The Kier molecular flexibility index (Phi) is 19.3. The summed E-state index contributed by atoms with van der Waals surface area (Å²) in [6.45, 7) is 12.7. The Morgan fingerprint density at radius 2 is 1.43 bits per heavy atom. The van der Waals surface area contributed by atoms with Gasteiger partial charge in [-0.05, 0) is 106 Å². The second-order valence-electron chi connectivity index (χ2n) is 20.9. The molecule has 8 rings (SSSR count). The molecule has 2 aliphatic heterocycles. The molecule has 0 fully saturated rings. The number of carbonyl (C=O) groups excluding carboxylic acids is 3. The number of carbonyl (C=O) groups is 3. The van der Waals surface area contributed by atoms with Crippen LogP contribution in [0.2, 0.25) is 0 Å². The topological polar surface area (TPSA) is 285 Å². The predicted molar refractivity (Wildman–Crippen MR) is 313 cm³/mol. The molecule has 0 unspecified atom stereocenters. The maximum Gasteiger partial charge on any atom is 0.355 e. The first kappa shape index (κ1) is 61.2. The van der Waals surface area contributed by atoms with Crippen LogP contribution >= 0.6 is 0 Å². The third-order valence-corrected chi connectivity index (χ3v) is 16.3. The minimum absolute atomic E-state index is 0.0740. The molecule has 4 N–H and O–H groups in total. The van der Waals surface area contributed by atoms with E-state index in [1.165, 1.54) is 33.3 Å². The lowest BCUT2D eigenvalue weighted by Gasteiger charge is -2.27. The highest BCUT2D eigenvalue weighted by Gasteiger charge is 2.44. The molecule has 440 valence electrons. The summed E-state index contributed by atoms with van der Waals surface area (Å²) in [5.74, 6) is -0.285. The zero-order chi connectivity index (χ0) is 59.7. The third kappa shape index (κ3) is 14.1. The number of para-hydroxylation sites is 2. The van der Waals surface area contributed by atoms with E-state index in [1.54, 1.807) is 67.8 Å². The molecular weight excluding hydrogens is 1110 g/mol. The van der Waals surface area contributed by atoms with Gasteiger partial charge in [0.2, 0.25) is 29.1 Å². The number of hydrogen-bond donors (Lipinski definition) is 4. The Labute approximate surface area is 482 Å². The highest BCUT2D eigenvalue weighted by molar-refractivity contribution is 7.86. The monoisotopic (exact) mass is 1180 g/mol. The number of fused-ring (bicyclic) bond motifs is 5. The number of hydrogen-bond acceptors (Lipinski definition) is 15. The van der Waals surface area contributed by atoms with Crippen molar-refractivity contribution in [3.05, 3.63) is 143 Å². The van der Waals surface area contributed by atoms with Crippen molar-refractivity contribution in [2.75, 3.05) is 69.9 Å². The fourth-order valence-electron chi connectivity index (χ4n) is 10.4. The molecule has 6 aromatic rings. The Morgan fingerprint density at radius 3 is 2.11 bits per heavy atom. The van der Waals surface area contributed by atoms with Gasteiger partial charge in [0.25, 0.3) is 10.1 Å². The van der Waals surface area contributed by atoms with E-state index >= 15 is 0 Å². The van der Waals surface area contributed by atoms with Crippen LogP contribution in [0.5, 0.6) is 5.75 Å². The van der Waals surface area contributed by atoms with E-state index in [2.05, 4.69) is 30.6 Å². The Bertz CT molecular complexity index is 3850. The summed E-state index contributed by atoms with van der Waals surface area (Å²) in [6.07, 6.45) is 11.6. The van der Waals surface area contributed by atoms with E-state index in [0.717, 1.165) is 28.2 Å². The van der Waals surface area contributed by atoms with E-state index in [0.29, 0.717) is 73.5 Å². The fraction of sp³-hybridized carbons (Fsp3) is 0.373. The zero-order valence-electron chi connectivity index (χ0n) is 47.2. The molecule has 4 heterocycles. The lowest BCUT2D eigenvalue weighted by molar-refractivity contribution is -0.433. The summed E-state index contributed by atoms with van der Waals surface area (Å²) in [5, 5.41) is 12.8. The van der Waals surface area contributed by atoms with Gasteiger partial charge in [0, 0.05) is 73.4 Å². The molecule has 2 aromatic heterocycles. The van der Waals surface area contributed by atoms with Crippen LogP contribution in [0.15, 0.2) is 136 Å². The highest BCUT2D eigenvalue weighted by atomic mass is 32.2. The van der Waals surface area contributed by atoms with Gasteiger partial charge in [0.05, 0.1) is 65.5 Å². The van der Waals surface area contributed by atoms with Crippen molar-refractivity contribution in [2.45, 2.75) is 93.8 Å². The second kappa shape index (κ2) is 26.1. The number of rotatable bonds is 27. The van der Waals surface area contributed by atoms with Crippen LogP contribution in [0.1, 0.15) is 84.3 Å². The smallest absolute Gasteiger partial charge is 0.355 e. The lowest BCUT2D eigenvalue weighted by Crippen LogP contribution is -2.29. The molecule has 0 spiro atoms. The molecule has 0 saturated heterocycles. The van der Waals surface area contributed by atoms with Gasteiger partial charge in [-0.2, -0.15) is 17.7 Å². The molecule has 83 heavy (non-hydrogen) atoms. The van der Waals surface area contributed by atoms with Crippen LogP contribution < -0.4 is 31.3 Å². The van der Waals surface area contributed by atoms with Crippen molar-refractivity contribution in [3.63, 3.8) is 0 Å². The van der Waals surface area contributed by atoms with E-state index < -0.39 is 42.7 Å². The fourth-order valence-corrected chi connectivity index (χ4v) is 11.4. The van der Waals surface area contributed by atoms with E-state index in [1.807, 2.05) is 69.9 Å². The molecule has 0 atom stereocenters. The average molecular weight is 1180 g/mol. The first-order chi connectivity index (χ1) is 39.5. The minimum Gasteiger partial charge on any atom is -0.744 e. The van der Waals surface area contributed by atoms with E-state index in [-0.39, 0.29) is 78.9 Å². The van der Waals surface area contributed by atoms with E-state index in [4.69, 9.17) is 14.2 Å². The molecule has 0 saturated carbocycles. The zero-order valence-corrected chi connectivity index (χ0v) is 48.8. The Balaban J connectivity index is 0.726. The number of nitrogens with one attached hydrogen (secondary N) is 3. The Hall–Kier alpha value is -7.87. The van der Waals surface area contributed by atoms with Gasteiger partial charge in [0.1, 0.15) is 22.4 Å². The molecule has 24 heteroatoms. The number of ether oxygens (including phenoxy) is 3. The number of methoxy groups -OCH3 is 1. The number of unbranched alkanes of at least 4 members (excludes halogenated alkanes) is 2. The average Bonchev–Trinajstić information content (AvgIpc) is 2.97. The maximum absolute atomic E-state index is 13.6. The summed E-state index contributed by atoms with van der Waals surface area (Å²) >= 11 is 0. The summed E-state index contributed by atoms with van der Waals surface area (Å²) in [6, 6.07) is 22.9. The number of nitrogens with zero attached hydrogens (tertiary/aromatic N) is 6. The van der Waals surface area contributed by atoms with Gasteiger partial charge >= 0.3 is 5.69 Å². The molecule has 2 aliphatic rings. The van der Waals surface area contributed by atoms with Gasteiger partial charge in [-0.15, -0.1) is 5.10 Å². The van der Waals surface area contributed by atoms with Crippen LogP contribution in [0, 0.1) is 0 Å². The highest BCUT2D eigenvalue weighted by Crippen LogP contribution is 2.49. The molecule has 0 radical (unpaired) electrons. The van der Waals surface area contributed by atoms with Crippen LogP contribution in [0.4, 0.5) is 17.2 Å². The second-order valence-corrected chi connectivity index (χ2v) is 23.7. The molecule has 3 amide bonds. The van der Waals surface area contributed by atoms with Gasteiger partial charge in [-0.3, -0.25) is 18.9 Å². The molecule has 0 bridgehead atoms. The summed E-state index contributed by atoms with van der Waals surface area (Å²) < 4.78 is 91.1. The van der Waals surface area contributed by atoms with Crippen molar-refractivity contribution < 1.29 is 59.1 Å². The van der Waals surface area contributed by atoms with Crippen LogP contribution in [-0.2, 0) is 54.9 Å². The summed E-state index contributed by atoms with van der Waals surface area (Å²) in [4.78, 5) is 58.0. The first-order valence-corrected chi connectivity index (χ1v) is 30.1. The van der Waals surface area contributed by atoms with Crippen LogP contribution in [0.3, 0.4) is 0 Å². The SMILES string of the molecule is CC[N+]1=C(/C=C/C=C/C=C2/N(CCCCCC(=O)NCCOCCOCCNC(=O)CCC(=O)Nc3nc4ccccc4n4c(=O)n(-c5ccc(OC)cc5)nc34)c3cc(S(=O)(=O)[O-])ccc3C2(C)C)C(C)(C)c2cc(S(=O)(=O)O)ccc21. The number of aromatic nitrogens is 4. The number of amides is 3. The van der Waals surface area contributed by atoms with Crippen molar-refractivity contribution >= 4 is 77.5 Å². The van der Waals surface area contributed by atoms with Gasteiger partial charge in [-0.25, -0.2) is 22.6 Å². The standard InChI is InChI=1S/C59H69N9O13S2/c1-7-65-47-28-26-42(82(73,74)75)38-45(47)59(4,5)50(65)18-10-8-11-19-51-58(2,3)44-27-25-43(83(76,77)78)39-49(44)66(51)33-15-9-12-20-52(69)60-31-34-80-36-37-81-35-32-61-53(70)29-30-54(71)63-55-56-64-68(40-21-23-41(79-6)24-22-40)57(72)67(56)48-17-14-13-16-46(48)62-55/h8,10-11,13-14,16-19,21-28,38-39H,7,9,12,15,20,29-37H2,1-6H3,(H4-,60,61,62,63,69,70,71,73,74,75,76,77,78). The quantitative estimate of drug-likeness (QED) is 0.0182. The molecule has 0 aliphatic carbocycles. The third-order valence-electron chi connectivity index (χ3n) is 14.7. The minimum atomic E-state index is -4.72. The molecule has 22 nitrogen and oxygen atoms in total. The van der Waals surface area contributed by atoms with Crippen molar-refractivity contribution in [2.24, 2.45) is 0 Å². The Morgan fingerprint density at radius 1 is 0.759 bits per heavy atom. The van der Waals surface area contributed by atoms with Gasteiger partial charge < -0.3 is 39.6 Å². The molecular formula is C59H69N9O13S2. The van der Waals surface area contributed by atoms with Crippen molar-refractivity contribution in [1.29, 1.82) is 0 Å². The van der Waals surface area contributed by atoms with E-state index in [9.17, 15) is 45.1 Å². The summed E-state index contributed by atoms with van der Waals surface area (Å²) in [5.41, 5.74) is 5.01. The van der Waals surface area contributed by atoms with Crippen LogP contribution in [0.25, 0.3) is 22.4 Å².